The van der Waals surface area contributed by atoms with Crippen LogP contribution in [0.5, 0.6) is 0 Å². The number of hydrogen-bond acceptors (Lipinski definition) is 5. The largest absolute Gasteiger partial charge is 0.435 e. The van der Waals surface area contributed by atoms with Crippen molar-refractivity contribution in [1.82, 2.24) is 0 Å². The summed E-state index contributed by atoms with van der Waals surface area (Å²) < 4.78 is 19.4. The number of hydrogen-bond donors (Lipinski definition) is 1. The van der Waals surface area contributed by atoms with Crippen LogP contribution in [0.25, 0.3) is 11.0 Å². The van der Waals surface area contributed by atoms with E-state index in [1.54, 1.807) is 36.4 Å². The number of anilines is 1. The molecule has 0 atom stereocenters. The summed E-state index contributed by atoms with van der Waals surface area (Å²) in [4.78, 5) is 29.1. The molecule has 0 spiro atoms. The molecule has 3 aromatic rings. The van der Waals surface area contributed by atoms with Gasteiger partial charge in [-0.15, -0.1) is 0 Å². The van der Waals surface area contributed by atoms with Gasteiger partial charge in [0.15, 0.2) is 0 Å². The van der Waals surface area contributed by atoms with Crippen LogP contribution < -0.4 is 10.9 Å². The predicted octanol–water partition coefficient (Wildman–Crippen LogP) is 3.98. The lowest BCUT2D eigenvalue weighted by Crippen LogP contribution is -2.23. The fraction of sp³-hybridized carbons (Fsp3) is 0.150. The van der Waals surface area contributed by atoms with Crippen molar-refractivity contribution in [2.75, 3.05) is 5.32 Å². The highest BCUT2D eigenvalue weighted by Gasteiger charge is 2.15. The van der Waals surface area contributed by atoms with Crippen molar-refractivity contribution in [1.29, 1.82) is 0 Å². The van der Waals surface area contributed by atoms with Crippen LogP contribution in [0.1, 0.15) is 30.1 Å². The molecule has 7 heteroatoms. The summed E-state index contributed by atoms with van der Waals surface area (Å²) in [5.41, 5.74) is 0.322. The van der Waals surface area contributed by atoms with Gasteiger partial charge in [0.25, 0.3) is 11.5 Å². The Balaban J connectivity index is 2.02. The van der Waals surface area contributed by atoms with Crippen LogP contribution in [0.2, 0.25) is 0 Å². The Morgan fingerprint density at radius 3 is 2.67 bits per heavy atom. The second-order valence-corrected chi connectivity index (χ2v) is 5.74. The fourth-order valence-electron chi connectivity index (χ4n) is 2.39. The van der Waals surface area contributed by atoms with Crippen LogP contribution in [-0.2, 0) is 9.63 Å². The summed E-state index contributed by atoms with van der Waals surface area (Å²) in [7, 11) is 0. The SMILES string of the molecule is CCCC(=O)O/N=c1/oc2ccccc2cc1C(=O)Nc1ccccc1F. The van der Waals surface area contributed by atoms with Gasteiger partial charge in [-0.1, -0.05) is 37.3 Å². The molecule has 3 rings (SSSR count). The molecule has 0 radical (unpaired) electrons. The number of carbonyl (C=O) groups excluding carboxylic acids is 2. The summed E-state index contributed by atoms with van der Waals surface area (Å²) in [6, 6.07) is 14.3. The molecule has 1 N–H and O–H groups in total. The van der Waals surface area contributed by atoms with E-state index in [1.807, 2.05) is 6.92 Å². The lowest BCUT2D eigenvalue weighted by atomic mass is 10.1. The minimum absolute atomic E-state index is 0.0150. The Bertz CT molecular complexity index is 1060. The van der Waals surface area contributed by atoms with E-state index in [0.717, 1.165) is 0 Å². The van der Waals surface area contributed by atoms with Crippen LogP contribution in [0.3, 0.4) is 0 Å². The van der Waals surface area contributed by atoms with Gasteiger partial charge in [-0.25, -0.2) is 9.18 Å². The maximum atomic E-state index is 13.8. The van der Waals surface area contributed by atoms with Crippen molar-refractivity contribution in [2.45, 2.75) is 19.8 Å². The van der Waals surface area contributed by atoms with E-state index >= 15 is 0 Å². The Labute approximate surface area is 154 Å². The van der Waals surface area contributed by atoms with Gasteiger partial charge >= 0.3 is 5.97 Å². The minimum atomic E-state index is -0.639. The van der Waals surface area contributed by atoms with Crippen molar-refractivity contribution in [2.24, 2.45) is 5.16 Å². The first-order valence-corrected chi connectivity index (χ1v) is 8.41. The zero-order valence-corrected chi connectivity index (χ0v) is 14.6. The summed E-state index contributed by atoms with van der Waals surface area (Å²) in [6.45, 7) is 1.83. The molecule has 0 saturated heterocycles. The molecule has 6 nitrogen and oxygen atoms in total. The molecule has 138 valence electrons. The third kappa shape index (κ3) is 4.38. The number of benzene rings is 2. The molecule has 0 fully saturated rings. The van der Waals surface area contributed by atoms with Gasteiger partial charge in [0.2, 0.25) is 0 Å². The predicted molar refractivity (Wildman–Crippen MR) is 97.1 cm³/mol. The number of nitrogens with one attached hydrogen (secondary N) is 1. The number of para-hydroxylation sites is 2. The molecule has 0 saturated carbocycles. The second kappa shape index (κ2) is 8.27. The number of nitrogens with zero attached hydrogens (tertiary/aromatic N) is 1. The maximum absolute atomic E-state index is 13.8. The lowest BCUT2D eigenvalue weighted by Gasteiger charge is -2.07. The van der Waals surface area contributed by atoms with Crippen LogP contribution in [-0.4, -0.2) is 11.9 Å². The van der Waals surface area contributed by atoms with E-state index < -0.39 is 17.7 Å². The molecular weight excluding hydrogens is 351 g/mol. The molecule has 0 aliphatic carbocycles. The van der Waals surface area contributed by atoms with Gasteiger partial charge in [-0.05, 0) is 35.8 Å². The third-order valence-corrected chi connectivity index (χ3v) is 3.71. The third-order valence-electron chi connectivity index (χ3n) is 3.71. The molecule has 27 heavy (non-hydrogen) atoms. The van der Waals surface area contributed by atoms with E-state index in [-0.39, 0.29) is 23.2 Å². The van der Waals surface area contributed by atoms with Crippen molar-refractivity contribution in [3.63, 3.8) is 0 Å². The normalized spacial score (nSPS) is 11.4. The topological polar surface area (TPSA) is 80.9 Å². The molecule has 0 bridgehead atoms. The Kier molecular flexibility index (Phi) is 5.61. The highest BCUT2D eigenvalue weighted by atomic mass is 19.1. The lowest BCUT2D eigenvalue weighted by molar-refractivity contribution is -0.144. The van der Waals surface area contributed by atoms with Crippen molar-refractivity contribution in [3.05, 3.63) is 71.5 Å². The number of fused-ring (bicyclic) bond motifs is 1. The molecule has 1 aromatic heterocycles. The Morgan fingerprint density at radius 2 is 1.89 bits per heavy atom. The molecule has 2 aromatic carbocycles. The molecule has 0 unspecified atom stereocenters. The molecule has 0 aliphatic rings. The first kappa shape index (κ1) is 18.3. The number of rotatable bonds is 5. The summed E-state index contributed by atoms with van der Waals surface area (Å²) >= 11 is 0. The van der Waals surface area contributed by atoms with Crippen LogP contribution in [0.15, 0.2) is 64.2 Å². The zero-order chi connectivity index (χ0) is 19.2. The Hall–Kier alpha value is -3.48. The average Bonchev–Trinajstić information content (AvgIpc) is 2.67. The van der Waals surface area contributed by atoms with E-state index in [9.17, 15) is 14.0 Å². The van der Waals surface area contributed by atoms with Gasteiger partial charge in [-0.3, -0.25) is 4.79 Å². The zero-order valence-electron chi connectivity index (χ0n) is 14.6. The van der Waals surface area contributed by atoms with E-state index in [2.05, 4.69) is 10.5 Å². The molecule has 1 amide bonds. The maximum Gasteiger partial charge on any atom is 0.335 e. The fourth-order valence-corrected chi connectivity index (χ4v) is 2.39. The number of amides is 1. The van der Waals surface area contributed by atoms with E-state index in [0.29, 0.717) is 17.4 Å². The molecular formula is C20H17FN2O4. The van der Waals surface area contributed by atoms with Gasteiger partial charge in [-0.2, -0.15) is 0 Å². The summed E-state index contributed by atoms with van der Waals surface area (Å²) in [5, 5.41) is 6.81. The highest BCUT2D eigenvalue weighted by molar-refractivity contribution is 6.05. The van der Waals surface area contributed by atoms with Gasteiger partial charge in [0.05, 0.1) is 5.69 Å². The van der Waals surface area contributed by atoms with Crippen LogP contribution in [0, 0.1) is 5.82 Å². The Morgan fingerprint density at radius 1 is 1.15 bits per heavy atom. The first-order chi connectivity index (χ1) is 13.1. The monoisotopic (exact) mass is 368 g/mol. The number of halogens is 1. The van der Waals surface area contributed by atoms with Gasteiger partial charge in [0, 0.05) is 11.8 Å². The van der Waals surface area contributed by atoms with Crippen LogP contribution in [0.4, 0.5) is 10.1 Å². The average molecular weight is 368 g/mol. The second-order valence-electron chi connectivity index (χ2n) is 5.74. The minimum Gasteiger partial charge on any atom is -0.435 e. The van der Waals surface area contributed by atoms with Gasteiger partial charge < -0.3 is 14.6 Å². The quantitative estimate of drug-likeness (QED) is 0.545. The summed E-state index contributed by atoms with van der Waals surface area (Å²) in [5.74, 6) is -1.75. The smallest absolute Gasteiger partial charge is 0.335 e. The van der Waals surface area contributed by atoms with Crippen molar-refractivity contribution in [3.8, 4) is 0 Å². The van der Waals surface area contributed by atoms with E-state index in [1.165, 1.54) is 18.2 Å². The van der Waals surface area contributed by atoms with E-state index in [4.69, 9.17) is 9.25 Å². The highest BCUT2D eigenvalue weighted by Crippen LogP contribution is 2.16. The van der Waals surface area contributed by atoms with Crippen LogP contribution >= 0.6 is 0 Å². The van der Waals surface area contributed by atoms with Crippen molar-refractivity contribution >= 4 is 28.5 Å². The molecule has 1 heterocycles. The first-order valence-electron chi connectivity index (χ1n) is 8.41. The van der Waals surface area contributed by atoms with Gasteiger partial charge in [0.1, 0.15) is 17.0 Å². The summed E-state index contributed by atoms with van der Waals surface area (Å²) in [6.07, 6.45) is 0.789. The standard InChI is InChI=1S/C20H17FN2O4/c1-2-7-18(24)27-23-20-14(12-13-8-3-6-11-17(13)26-20)19(25)22-16-10-5-4-9-15(16)21/h3-6,8-12H,2,7H2,1H3,(H,22,25)/b23-20+. The molecule has 0 aliphatic heterocycles. The number of carbonyl (C=O) groups is 2. The van der Waals surface area contributed by atoms with Crippen molar-refractivity contribution < 1.29 is 23.2 Å².